The zero-order chi connectivity index (χ0) is 17.2. The average molecular weight is 355 g/mol. The van der Waals surface area contributed by atoms with Gasteiger partial charge in [0.2, 0.25) is 0 Å². The van der Waals surface area contributed by atoms with Gasteiger partial charge in [-0.15, -0.1) is 0 Å². The molecule has 24 heavy (non-hydrogen) atoms. The predicted molar refractivity (Wildman–Crippen MR) is 89.9 cm³/mol. The SMILES string of the molecule is CN(C)S(=O)(=O)N1CC[C@@H]2OCCC[C@@]2(COc2cccnc2)C1. The van der Waals surface area contributed by atoms with Gasteiger partial charge in [-0.05, 0) is 31.4 Å². The molecule has 3 rings (SSSR count). The summed E-state index contributed by atoms with van der Waals surface area (Å²) in [5, 5.41) is 0. The van der Waals surface area contributed by atoms with Crippen LogP contribution in [0.2, 0.25) is 0 Å². The third-order valence-electron chi connectivity index (χ3n) is 4.90. The van der Waals surface area contributed by atoms with Crippen molar-refractivity contribution in [1.82, 2.24) is 13.6 Å². The van der Waals surface area contributed by atoms with Crippen LogP contribution >= 0.6 is 0 Å². The molecule has 3 heterocycles. The van der Waals surface area contributed by atoms with E-state index in [9.17, 15) is 8.42 Å². The number of nitrogens with zero attached hydrogens (tertiary/aromatic N) is 3. The van der Waals surface area contributed by atoms with E-state index in [-0.39, 0.29) is 11.5 Å². The fourth-order valence-electron chi connectivity index (χ4n) is 3.55. The van der Waals surface area contributed by atoms with E-state index in [1.165, 1.54) is 4.31 Å². The summed E-state index contributed by atoms with van der Waals surface area (Å²) >= 11 is 0. The number of hydrogen-bond donors (Lipinski definition) is 0. The Kier molecular flexibility index (Phi) is 5.10. The fraction of sp³-hybridized carbons (Fsp3) is 0.688. The van der Waals surface area contributed by atoms with E-state index in [4.69, 9.17) is 9.47 Å². The van der Waals surface area contributed by atoms with Gasteiger partial charge in [-0.1, -0.05) is 0 Å². The van der Waals surface area contributed by atoms with Crippen molar-refractivity contribution in [3.05, 3.63) is 24.5 Å². The van der Waals surface area contributed by atoms with Crippen LogP contribution in [0.1, 0.15) is 19.3 Å². The van der Waals surface area contributed by atoms with Crippen LogP contribution in [0.15, 0.2) is 24.5 Å². The molecule has 2 aliphatic rings. The third kappa shape index (κ3) is 3.42. The van der Waals surface area contributed by atoms with Gasteiger partial charge in [0.15, 0.2) is 0 Å². The Balaban J connectivity index is 1.79. The molecule has 1 aromatic heterocycles. The molecule has 134 valence electrons. The van der Waals surface area contributed by atoms with Crippen molar-refractivity contribution < 1.29 is 17.9 Å². The van der Waals surface area contributed by atoms with Crippen molar-refractivity contribution in [3.63, 3.8) is 0 Å². The van der Waals surface area contributed by atoms with E-state index >= 15 is 0 Å². The molecule has 7 nitrogen and oxygen atoms in total. The molecule has 0 spiro atoms. The number of hydrogen-bond acceptors (Lipinski definition) is 5. The number of piperidine rings is 1. The average Bonchev–Trinajstić information content (AvgIpc) is 2.60. The minimum atomic E-state index is -3.43. The van der Waals surface area contributed by atoms with Crippen LogP contribution in [0.25, 0.3) is 0 Å². The van der Waals surface area contributed by atoms with Gasteiger partial charge in [0, 0.05) is 45.4 Å². The first-order valence-corrected chi connectivity index (χ1v) is 9.66. The minimum absolute atomic E-state index is 0.0385. The molecule has 0 saturated carbocycles. The van der Waals surface area contributed by atoms with E-state index in [1.807, 2.05) is 12.1 Å². The number of pyridine rings is 1. The highest BCUT2D eigenvalue weighted by Gasteiger charge is 2.49. The molecule has 2 saturated heterocycles. The Morgan fingerprint density at radius 1 is 1.50 bits per heavy atom. The fourth-order valence-corrected chi connectivity index (χ4v) is 4.77. The number of aromatic nitrogens is 1. The normalized spacial score (nSPS) is 28.5. The summed E-state index contributed by atoms with van der Waals surface area (Å²) in [4.78, 5) is 4.06. The second-order valence-corrected chi connectivity index (χ2v) is 8.86. The van der Waals surface area contributed by atoms with Gasteiger partial charge in [0.1, 0.15) is 5.75 Å². The largest absolute Gasteiger partial charge is 0.491 e. The van der Waals surface area contributed by atoms with Gasteiger partial charge in [-0.3, -0.25) is 4.98 Å². The Hall–Kier alpha value is -1.22. The van der Waals surface area contributed by atoms with Crippen molar-refractivity contribution >= 4 is 10.2 Å². The molecule has 2 fully saturated rings. The van der Waals surface area contributed by atoms with Crippen LogP contribution in [0.4, 0.5) is 0 Å². The third-order valence-corrected chi connectivity index (χ3v) is 6.79. The molecule has 2 aliphatic heterocycles. The number of ether oxygens (including phenoxy) is 2. The summed E-state index contributed by atoms with van der Waals surface area (Å²) in [5.41, 5.74) is -0.310. The molecule has 0 aromatic carbocycles. The van der Waals surface area contributed by atoms with Crippen LogP contribution in [0, 0.1) is 5.41 Å². The lowest BCUT2D eigenvalue weighted by atomic mass is 9.73. The highest BCUT2D eigenvalue weighted by atomic mass is 32.2. The van der Waals surface area contributed by atoms with Crippen LogP contribution in [0.3, 0.4) is 0 Å². The van der Waals surface area contributed by atoms with E-state index < -0.39 is 10.2 Å². The Bertz CT molecular complexity index is 653. The molecule has 0 radical (unpaired) electrons. The maximum atomic E-state index is 12.5. The maximum Gasteiger partial charge on any atom is 0.281 e. The predicted octanol–water partition coefficient (Wildman–Crippen LogP) is 1.14. The van der Waals surface area contributed by atoms with Crippen LogP contribution in [0.5, 0.6) is 5.75 Å². The lowest BCUT2D eigenvalue weighted by Crippen LogP contribution is -2.59. The van der Waals surface area contributed by atoms with Gasteiger partial charge in [0.05, 0.1) is 18.9 Å². The molecule has 0 N–H and O–H groups in total. The zero-order valence-corrected chi connectivity index (χ0v) is 15.0. The van der Waals surface area contributed by atoms with Gasteiger partial charge in [-0.25, -0.2) is 0 Å². The first kappa shape index (κ1) is 17.6. The van der Waals surface area contributed by atoms with Crippen LogP contribution in [-0.4, -0.2) is 68.5 Å². The van der Waals surface area contributed by atoms with Crippen molar-refractivity contribution in [2.24, 2.45) is 5.41 Å². The van der Waals surface area contributed by atoms with Crippen molar-refractivity contribution in [2.45, 2.75) is 25.4 Å². The highest BCUT2D eigenvalue weighted by molar-refractivity contribution is 7.86. The lowest BCUT2D eigenvalue weighted by Gasteiger charge is -2.49. The number of rotatable bonds is 5. The smallest absolute Gasteiger partial charge is 0.281 e. The van der Waals surface area contributed by atoms with Crippen LogP contribution < -0.4 is 4.74 Å². The monoisotopic (exact) mass is 355 g/mol. The van der Waals surface area contributed by atoms with Gasteiger partial charge in [-0.2, -0.15) is 17.0 Å². The summed E-state index contributed by atoms with van der Waals surface area (Å²) in [6.45, 7) is 2.08. The summed E-state index contributed by atoms with van der Waals surface area (Å²) in [6, 6.07) is 3.69. The lowest BCUT2D eigenvalue weighted by molar-refractivity contribution is -0.128. The molecule has 8 heteroatoms. The zero-order valence-electron chi connectivity index (χ0n) is 14.2. The van der Waals surface area contributed by atoms with Gasteiger partial charge < -0.3 is 9.47 Å². The summed E-state index contributed by atoms with van der Waals surface area (Å²) in [7, 11) is -0.294. The van der Waals surface area contributed by atoms with Gasteiger partial charge >= 0.3 is 0 Å². The minimum Gasteiger partial charge on any atom is -0.491 e. The summed E-state index contributed by atoms with van der Waals surface area (Å²) < 4.78 is 39.8. The molecular weight excluding hydrogens is 330 g/mol. The first-order valence-electron chi connectivity index (χ1n) is 8.26. The van der Waals surface area contributed by atoms with Crippen molar-refractivity contribution in [2.75, 3.05) is 40.4 Å². The summed E-state index contributed by atoms with van der Waals surface area (Å²) in [5.74, 6) is 0.698. The molecule has 0 bridgehead atoms. The summed E-state index contributed by atoms with van der Waals surface area (Å²) in [6.07, 6.45) is 5.93. The Morgan fingerprint density at radius 2 is 2.33 bits per heavy atom. The van der Waals surface area contributed by atoms with Crippen LogP contribution in [-0.2, 0) is 14.9 Å². The molecule has 0 amide bonds. The van der Waals surface area contributed by atoms with Crippen molar-refractivity contribution in [1.29, 1.82) is 0 Å². The van der Waals surface area contributed by atoms with E-state index in [2.05, 4.69) is 4.98 Å². The molecule has 0 aliphatic carbocycles. The van der Waals surface area contributed by atoms with E-state index in [1.54, 1.807) is 30.8 Å². The van der Waals surface area contributed by atoms with Crippen molar-refractivity contribution in [3.8, 4) is 5.75 Å². The standard InChI is InChI=1S/C16H25N3O4S/c1-18(2)24(20,21)19-9-6-15-16(12-19,7-4-10-22-15)13-23-14-5-3-8-17-11-14/h3,5,8,11,15H,4,6-7,9-10,12-13H2,1-2H3/t15-,16-/m0/s1. The topological polar surface area (TPSA) is 72.0 Å². The molecular formula is C16H25N3O4S. The highest BCUT2D eigenvalue weighted by Crippen LogP contribution is 2.41. The van der Waals surface area contributed by atoms with Gasteiger partial charge in [0.25, 0.3) is 10.2 Å². The second-order valence-electron chi connectivity index (χ2n) is 6.72. The quantitative estimate of drug-likeness (QED) is 0.792. The maximum absolute atomic E-state index is 12.5. The Morgan fingerprint density at radius 3 is 3.04 bits per heavy atom. The first-order chi connectivity index (χ1) is 11.4. The van der Waals surface area contributed by atoms with E-state index in [0.717, 1.165) is 19.4 Å². The molecule has 1 aromatic rings. The van der Waals surface area contributed by atoms with E-state index in [0.29, 0.717) is 31.9 Å². The Labute approximate surface area is 143 Å². The number of fused-ring (bicyclic) bond motifs is 1. The molecule has 0 unspecified atom stereocenters. The second kappa shape index (κ2) is 6.95. The molecule has 2 atom stereocenters.